The number of hydrogen-bond donors (Lipinski definition) is 1. The Bertz CT molecular complexity index is 528. The van der Waals surface area contributed by atoms with Crippen LogP contribution in [0.5, 0.6) is 5.88 Å². The number of nitrogens with one attached hydrogen (secondary N) is 1. The fourth-order valence-electron chi connectivity index (χ4n) is 1.14. The summed E-state index contributed by atoms with van der Waals surface area (Å²) < 4.78 is 26.5. The van der Waals surface area contributed by atoms with Gasteiger partial charge in [-0.25, -0.2) is 4.98 Å². The molecule has 1 atom stereocenters. The van der Waals surface area contributed by atoms with E-state index in [-0.39, 0.29) is 23.5 Å². The monoisotopic (exact) mass is 272 g/mol. The van der Waals surface area contributed by atoms with Gasteiger partial charge in [0, 0.05) is 12.1 Å². The highest BCUT2D eigenvalue weighted by molar-refractivity contribution is 7.86. The van der Waals surface area contributed by atoms with E-state index in [2.05, 4.69) is 14.5 Å². The van der Waals surface area contributed by atoms with E-state index in [1.54, 1.807) is 0 Å². The first-order valence-corrected chi connectivity index (χ1v) is 7.31. The molecule has 0 bridgehead atoms. The highest BCUT2D eigenvalue weighted by Crippen LogP contribution is 2.10. The first-order chi connectivity index (χ1) is 8.31. The first kappa shape index (κ1) is 14.4. The second kappa shape index (κ2) is 5.81. The zero-order chi connectivity index (χ0) is 13.8. The zero-order valence-corrected chi connectivity index (χ0v) is 11.3. The van der Waals surface area contributed by atoms with Gasteiger partial charge in [-0.1, -0.05) is 13.0 Å². The summed E-state index contributed by atoms with van der Waals surface area (Å²) in [5.41, 5.74) is 0.122. The molecule has 7 heteroatoms. The van der Waals surface area contributed by atoms with E-state index < -0.39 is 10.1 Å². The van der Waals surface area contributed by atoms with Crippen molar-refractivity contribution in [3.63, 3.8) is 0 Å². The van der Waals surface area contributed by atoms with Crippen LogP contribution in [0.3, 0.4) is 0 Å². The molecular formula is C11H16N2O4S. The molecule has 0 fully saturated rings. The van der Waals surface area contributed by atoms with Gasteiger partial charge >= 0.3 is 10.1 Å². The van der Waals surface area contributed by atoms with Gasteiger partial charge < -0.3 is 9.50 Å². The summed E-state index contributed by atoms with van der Waals surface area (Å²) in [6.45, 7) is 3.82. The average molecular weight is 272 g/mol. The van der Waals surface area contributed by atoms with Gasteiger partial charge in [0.2, 0.25) is 5.88 Å². The molecule has 1 rings (SSSR count). The molecular weight excluding hydrogens is 256 g/mol. The average Bonchev–Trinajstić information content (AvgIpc) is 2.26. The number of nitrogens with zero attached hydrogens (tertiary/aromatic N) is 1. The van der Waals surface area contributed by atoms with E-state index in [4.69, 9.17) is 0 Å². The van der Waals surface area contributed by atoms with Crippen molar-refractivity contribution in [2.75, 3.05) is 6.26 Å². The highest BCUT2D eigenvalue weighted by atomic mass is 32.2. The minimum Gasteiger partial charge on any atom is -0.362 e. The number of hydrogen-bond acceptors (Lipinski definition) is 5. The Balaban J connectivity index is 2.85. The summed E-state index contributed by atoms with van der Waals surface area (Å²) >= 11 is 0. The maximum atomic E-state index is 11.8. The molecule has 1 heterocycles. The second-order valence-corrected chi connectivity index (χ2v) is 5.51. The Morgan fingerprint density at radius 2 is 2.17 bits per heavy atom. The first-order valence-electron chi connectivity index (χ1n) is 5.49. The van der Waals surface area contributed by atoms with Gasteiger partial charge in [0.25, 0.3) is 5.91 Å². The van der Waals surface area contributed by atoms with Crippen LogP contribution in [0.15, 0.2) is 18.2 Å². The van der Waals surface area contributed by atoms with E-state index in [0.717, 1.165) is 12.7 Å². The second-order valence-electron chi connectivity index (χ2n) is 3.93. The number of pyridine rings is 1. The summed E-state index contributed by atoms with van der Waals surface area (Å²) in [7, 11) is -3.64. The summed E-state index contributed by atoms with van der Waals surface area (Å²) in [6, 6.07) is 4.41. The standard InChI is InChI=1S/C11H16N2O4S/c1-4-8(2)12-11(14)9-6-5-7-10(13-9)17-18(3,15)16/h5-8H,4H2,1-3H3,(H,12,14). The Morgan fingerprint density at radius 1 is 1.50 bits per heavy atom. The van der Waals surface area contributed by atoms with Crippen LogP contribution in [0.4, 0.5) is 0 Å². The molecule has 0 saturated heterocycles. The lowest BCUT2D eigenvalue weighted by Gasteiger charge is -2.11. The van der Waals surface area contributed by atoms with Crippen LogP contribution < -0.4 is 9.50 Å². The fourth-order valence-corrected chi connectivity index (χ4v) is 1.55. The van der Waals surface area contributed by atoms with Crippen LogP contribution >= 0.6 is 0 Å². The van der Waals surface area contributed by atoms with E-state index in [0.29, 0.717) is 0 Å². The third kappa shape index (κ3) is 4.70. The predicted molar refractivity (Wildman–Crippen MR) is 66.9 cm³/mol. The van der Waals surface area contributed by atoms with Gasteiger partial charge in [-0.15, -0.1) is 0 Å². The molecule has 100 valence electrons. The molecule has 0 radical (unpaired) electrons. The van der Waals surface area contributed by atoms with Crippen LogP contribution in [-0.2, 0) is 10.1 Å². The van der Waals surface area contributed by atoms with Gasteiger partial charge in [0.1, 0.15) is 5.69 Å². The zero-order valence-electron chi connectivity index (χ0n) is 10.5. The molecule has 0 saturated carbocycles. The van der Waals surface area contributed by atoms with Crippen molar-refractivity contribution in [1.82, 2.24) is 10.3 Å². The van der Waals surface area contributed by atoms with Crippen LogP contribution in [0, 0.1) is 0 Å². The number of aromatic nitrogens is 1. The maximum Gasteiger partial charge on any atom is 0.307 e. The van der Waals surface area contributed by atoms with Crippen molar-refractivity contribution < 1.29 is 17.4 Å². The van der Waals surface area contributed by atoms with Gasteiger partial charge in [-0.2, -0.15) is 8.42 Å². The SMILES string of the molecule is CCC(C)NC(=O)c1cccc(OS(C)(=O)=O)n1. The van der Waals surface area contributed by atoms with Gasteiger partial charge in [-0.05, 0) is 19.4 Å². The van der Waals surface area contributed by atoms with Crippen molar-refractivity contribution in [2.45, 2.75) is 26.3 Å². The van der Waals surface area contributed by atoms with Crippen LogP contribution in [0.25, 0.3) is 0 Å². The lowest BCUT2D eigenvalue weighted by molar-refractivity contribution is 0.0933. The Labute approximate surface area is 107 Å². The molecule has 0 aromatic carbocycles. The predicted octanol–water partition coefficient (Wildman–Crippen LogP) is 0.948. The van der Waals surface area contributed by atoms with E-state index in [9.17, 15) is 13.2 Å². The molecule has 18 heavy (non-hydrogen) atoms. The summed E-state index contributed by atoms with van der Waals surface area (Å²) in [4.78, 5) is 15.6. The smallest absolute Gasteiger partial charge is 0.307 e. The van der Waals surface area contributed by atoms with Gasteiger partial charge in [0.15, 0.2) is 0 Å². The molecule has 1 N–H and O–H groups in total. The van der Waals surface area contributed by atoms with Crippen molar-refractivity contribution in [3.8, 4) is 5.88 Å². The summed E-state index contributed by atoms with van der Waals surface area (Å²) in [6.07, 6.45) is 1.71. The number of carbonyl (C=O) groups is 1. The largest absolute Gasteiger partial charge is 0.362 e. The molecule has 1 aromatic heterocycles. The lowest BCUT2D eigenvalue weighted by atomic mass is 10.2. The van der Waals surface area contributed by atoms with Crippen LogP contribution in [0.2, 0.25) is 0 Å². The minimum absolute atomic E-state index is 0.0267. The van der Waals surface area contributed by atoms with E-state index in [1.165, 1.54) is 18.2 Å². The van der Waals surface area contributed by atoms with Crippen LogP contribution in [-0.4, -0.2) is 31.6 Å². The van der Waals surface area contributed by atoms with Crippen LogP contribution in [0.1, 0.15) is 30.8 Å². The molecule has 1 unspecified atom stereocenters. The molecule has 1 amide bonds. The molecule has 0 spiro atoms. The molecule has 1 aromatic rings. The molecule has 6 nitrogen and oxygen atoms in total. The highest BCUT2D eigenvalue weighted by Gasteiger charge is 2.12. The molecule has 0 aliphatic rings. The van der Waals surface area contributed by atoms with Crippen molar-refractivity contribution in [3.05, 3.63) is 23.9 Å². The Kier molecular flexibility index (Phi) is 4.66. The number of carbonyl (C=O) groups excluding carboxylic acids is 1. The van der Waals surface area contributed by atoms with E-state index >= 15 is 0 Å². The fraction of sp³-hybridized carbons (Fsp3) is 0.455. The molecule has 0 aliphatic heterocycles. The van der Waals surface area contributed by atoms with Crippen molar-refractivity contribution in [1.29, 1.82) is 0 Å². The lowest BCUT2D eigenvalue weighted by Crippen LogP contribution is -2.32. The van der Waals surface area contributed by atoms with Gasteiger partial charge in [0.05, 0.1) is 6.26 Å². The maximum absolute atomic E-state index is 11.8. The minimum atomic E-state index is -3.64. The van der Waals surface area contributed by atoms with Crippen molar-refractivity contribution >= 4 is 16.0 Å². The Morgan fingerprint density at radius 3 is 2.72 bits per heavy atom. The summed E-state index contributed by atoms with van der Waals surface area (Å²) in [5, 5.41) is 2.73. The Hall–Kier alpha value is -1.63. The summed E-state index contributed by atoms with van der Waals surface area (Å²) in [5.74, 6) is -0.474. The number of amides is 1. The number of rotatable bonds is 5. The quantitative estimate of drug-likeness (QED) is 0.806. The van der Waals surface area contributed by atoms with Gasteiger partial charge in [-0.3, -0.25) is 4.79 Å². The molecule has 0 aliphatic carbocycles. The third-order valence-electron chi connectivity index (χ3n) is 2.18. The topological polar surface area (TPSA) is 85.4 Å². The van der Waals surface area contributed by atoms with Crippen molar-refractivity contribution in [2.24, 2.45) is 0 Å². The normalized spacial score (nSPS) is 12.8. The van der Waals surface area contributed by atoms with E-state index in [1.807, 2.05) is 13.8 Å². The third-order valence-corrected chi connectivity index (χ3v) is 2.66.